The number of aliphatic hydroxyl groups excluding tert-OH is 1. The third kappa shape index (κ3) is 1.53. The minimum absolute atomic E-state index is 0.0800. The molecule has 1 aromatic carbocycles. The van der Waals surface area contributed by atoms with Gasteiger partial charge in [-0.1, -0.05) is 6.07 Å². The van der Waals surface area contributed by atoms with Gasteiger partial charge >= 0.3 is 0 Å². The Kier molecular flexibility index (Phi) is 2.18. The van der Waals surface area contributed by atoms with Crippen LogP contribution in [0.4, 0.5) is 11.4 Å². The number of hydrogen-bond acceptors (Lipinski definition) is 4. The molecule has 0 radical (unpaired) electrons. The summed E-state index contributed by atoms with van der Waals surface area (Å²) in [6, 6.07) is 4.61. The van der Waals surface area contributed by atoms with Crippen molar-refractivity contribution in [1.82, 2.24) is 0 Å². The Hall–Kier alpha value is -1.42. The Morgan fingerprint density at radius 1 is 1.55 bits per heavy atom. The molecule has 0 aliphatic carbocycles. The number of nitroso groups, excluding NO2 is 1. The third-order valence-electron chi connectivity index (χ3n) is 1.37. The van der Waals surface area contributed by atoms with Gasteiger partial charge in [0.05, 0.1) is 12.3 Å². The summed E-state index contributed by atoms with van der Waals surface area (Å²) in [6.07, 6.45) is 0. The molecule has 0 atom stereocenters. The van der Waals surface area contributed by atoms with Crippen molar-refractivity contribution in [2.75, 3.05) is 5.73 Å². The first-order valence-corrected chi connectivity index (χ1v) is 3.10. The van der Waals surface area contributed by atoms with Crippen LogP contribution in [0.15, 0.2) is 23.4 Å². The molecule has 0 saturated carbocycles. The predicted octanol–water partition coefficient (Wildman–Crippen LogP) is 1.16. The number of anilines is 1. The molecule has 1 aromatic rings. The Bertz CT molecular complexity index is 273. The van der Waals surface area contributed by atoms with E-state index in [1.807, 2.05) is 0 Å². The molecule has 0 heterocycles. The molecule has 4 nitrogen and oxygen atoms in total. The Balaban J connectivity index is 3.09. The summed E-state index contributed by atoms with van der Waals surface area (Å²) in [4.78, 5) is 10.0. The van der Waals surface area contributed by atoms with Crippen LogP contribution < -0.4 is 5.73 Å². The highest BCUT2D eigenvalue weighted by atomic mass is 16.3. The maximum Gasteiger partial charge on any atom is 0.130 e. The molecule has 0 fully saturated rings. The van der Waals surface area contributed by atoms with Crippen LogP contribution in [0, 0.1) is 4.91 Å². The molecule has 11 heavy (non-hydrogen) atoms. The number of nitrogens with zero attached hydrogens (tertiary/aromatic N) is 1. The zero-order valence-corrected chi connectivity index (χ0v) is 5.82. The topological polar surface area (TPSA) is 75.7 Å². The summed E-state index contributed by atoms with van der Waals surface area (Å²) in [7, 11) is 0. The van der Waals surface area contributed by atoms with E-state index in [9.17, 15) is 4.91 Å². The van der Waals surface area contributed by atoms with Crippen LogP contribution >= 0.6 is 0 Å². The van der Waals surface area contributed by atoms with Gasteiger partial charge in [-0.05, 0) is 22.9 Å². The second-order valence-electron chi connectivity index (χ2n) is 2.14. The summed E-state index contributed by atoms with van der Waals surface area (Å²) in [5.74, 6) is 0. The van der Waals surface area contributed by atoms with E-state index < -0.39 is 0 Å². The second-order valence-corrected chi connectivity index (χ2v) is 2.14. The quantitative estimate of drug-likeness (QED) is 0.493. The van der Waals surface area contributed by atoms with Crippen LogP contribution in [0.2, 0.25) is 0 Å². The van der Waals surface area contributed by atoms with Gasteiger partial charge in [-0.25, -0.2) is 0 Å². The molecule has 0 bridgehead atoms. The fourth-order valence-corrected chi connectivity index (χ4v) is 0.785. The van der Waals surface area contributed by atoms with Crippen LogP contribution in [0.1, 0.15) is 5.56 Å². The minimum Gasteiger partial charge on any atom is -0.397 e. The van der Waals surface area contributed by atoms with Gasteiger partial charge in [0.15, 0.2) is 0 Å². The van der Waals surface area contributed by atoms with Crippen molar-refractivity contribution in [2.24, 2.45) is 5.18 Å². The lowest BCUT2D eigenvalue weighted by Gasteiger charge is -1.98. The van der Waals surface area contributed by atoms with Crippen LogP contribution in [0.5, 0.6) is 0 Å². The van der Waals surface area contributed by atoms with Crippen molar-refractivity contribution in [3.8, 4) is 0 Å². The molecule has 3 N–H and O–H groups in total. The number of hydrogen-bond donors (Lipinski definition) is 2. The standard InChI is InChI=1S/C7H8N2O2/c8-6-3-5(4-10)1-2-7(6)9-11/h1-3,10H,4,8H2. The normalized spacial score (nSPS) is 9.55. The lowest BCUT2D eigenvalue weighted by Crippen LogP contribution is -1.88. The largest absolute Gasteiger partial charge is 0.397 e. The minimum atomic E-state index is -0.0800. The molecule has 0 spiro atoms. The highest BCUT2D eigenvalue weighted by molar-refractivity contribution is 5.63. The fraction of sp³-hybridized carbons (Fsp3) is 0.143. The van der Waals surface area contributed by atoms with Crippen LogP contribution in [-0.4, -0.2) is 5.11 Å². The lowest BCUT2D eigenvalue weighted by molar-refractivity contribution is 0.282. The number of nitrogens with two attached hydrogens (primary N) is 1. The molecule has 4 heteroatoms. The molecule has 0 aromatic heterocycles. The summed E-state index contributed by atoms with van der Waals surface area (Å²) < 4.78 is 0. The highest BCUT2D eigenvalue weighted by Crippen LogP contribution is 2.22. The Morgan fingerprint density at radius 2 is 2.27 bits per heavy atom. The molecular weight excluding hydrogens is 144 g/mol. The first-order valence-electron chi connectivity index (χ1n) is 3.10. The fourth-order valence-electron chi connectivity index (χ4n) is 0.785. The van der Waals surface area contributed by atoms with E-state index in [1.54, 1.807) is 6.07 Å². The molecule has 1 rings (SSSR count). The van der Waals surface area contributed by atoms with Crippen molar-refractivity contribution in [3.63, 3.8) is 0 Å². The van der Waals surface area contributed by atoms with Crippen LogP contribution in [0.25, 0.3) is 0 Å². The van der Waals surface area contributed by atoms with Gasteiger partial charge < -0.3 is 10.8 Å². The second kappa shape index (κ2) is 3.12. The van der Waals surface area contributed by atoms with Crippen molar-refractivity contribution >= 4 is 11.4 Å². The molecule has 58 valence electrons. The third-order valence-corrected chi connectivity index (χ3v) is 1.37. The summed E-state index contributed by atoms with van der Waals surface area (Å²) in [5.41, 5.74) is 6.59. The van der Waals surface area contributed by atoms with Gasteiger partial charge in [0.1, 0.15) is 5.69 Å². The van der Waals surface area contributed by atoms with E-state index in [0.717, 1.165) is 0 Å². The zero-order chi connectivity index (χ0) is 8.27. The van der Waals surface area contributed by atoms with Crippen LogP contribution in [0.3, 0.4) is 0 Å². The highest BCUT2D eigenvalue weighted by Gasteiger charge is 1.98. The predicted molar refractivity (Wildman–Crippen MR) is 42.2 cm³/mol. The van der Waals surface area contributed by atoms with Crippen LogP contribution in [-0.2, 0) is 6.61 Å². The lowest BCUT2D eigenvalue weighted by atomic mass is 10.2. The van der Waals surface area contributed by atoms with E-state index >= 15 is 0 Å². The van der Waals surface area contributed by atoms with Gasteiger partial charge in [-0.15, -0.1) is 4.91 Å². The average molecular weight is 152 g/mol. The Morgan fingerprint density at radius 3 is 2.73 bits per heavy atom. The van der Waals surface area contributed by atoms with Gasteiger partial charge in [-0.2, -0.15) is 0 Å². The van der Waals surface area contributed by atoms with Crippen molar-refractivity contribution < 1.29 is 5.11 Å². The Labute approximate surface area is 63.6 Å². The molecule has 0 aliphatic heterocycles. The van der Waals surface area contributed by atoms with E-state index in [0.29, 0.717) is 11.3 Å². The van der Waals surface area contributed by atoms with Gasteiger partial charge in [0, 0.05) is 0 Å². The zero-order valence-electron chi connectivity index (χ0n) is 5.82. The van der Waals surface area contributed by atoms with E-state index in [2.05, 4.69) is 5.18 Å². The first kappa shape index (κ1) is 7.68. The number of nitrogen functional groups attached to an aromatic ring is 1. The van der Waals surface area contributed by atoms with E-state index in [1.165, 1.54) is 12.1 Å². The van der Waals surface area contributed by atoms with Crippen molar-refractivity contribution in [3.05, 3.63) is 28.7 Å². The maximum absolute atomic E-state index is 10.0. The van der Waals surface area contributed by atoms with E-state index in [-0.39, 0.29) is 12.3 Å². The average Bonchev–Trinajstić information content (AvgIpc) is 2.04. The van der Waals surface area contributed by atoms with Gasteiger partial charge in [0.25, 0.3) is 0 Å². The van der Waals surface area contributed by atoms with E-state index in [4.69, 9.17) is 10.8 Å². The van der Waals surface area contributed by atoms with Crippen molar-refractivity contribution in [1.29, 1.82) is 0 Å². The van der Waals surface area contributed by atoms with Gasteiger partial charge in [-0.3, -0.25) is 0 Å². The summed E-state index contributed by atoms with van der Waals surface area (Å²) in [6.45, 7) is -0.0800. The summed E-state index contributed by atoms with van der Waals surface area (Å²) in [5, 5.41) is 11.4. The molecular formula is C7H8N2O2. The smallest absolute Gasteiger partial charge is 0.130 e. The van der Waals surface area contributed by atoms with Gasteiger partial charge in [0.2, 0.25) is 0 Å². The molecule has 0 unspecified atom stereocenters. The first-order chi connectivity index (χ1) is 5.27. The summed E-state index contributed by atoms with van der Waals surface area (Å²) >= 11 is 0. The number of aliphatic hydroxyl groups is 1. The number of benzene rings is 1. The maximum atomic E-state index is 10.0. The monoisotopic (exact) mass is 152 g/mol. The van der Waals surface area contributed by atoms with Crippen molar-refractivity contribution in [2.45, 2.75) is 6.61 Å². The molecule has 0 amide bonds. The SMILES string of the molecule is Nc1cc(CO)ccc1N=O. The molecule has 0 aliphatic rings. The molecule has 0 saturated heterocycles. The number of rotatable bonds is 2.